The molecule has 2 aromatic heterocycles. The molecule has 90 valence electrons. The molecule has 0 bridgehead atoms. The molecule has 0 aliphatic rings. The van der Waals surface area contributed by atoms with E-state index in [1.165, 1.54) is 0 Å². The third-order valence-electron chi connectivity index (χ3n) is 2.32. The molecule has 0 aliphatic carbocycles. The van der Waals surface area contributed by atoms with Crippen LogP contribution in [0.4, 0.5) is 5.82 Å². The molecule has 0 fully saturated rings. The standard InChI is InChI=1S/C11H13IN4S/c1-6(2)9-8(12)11(13-3)16-10(15-9)7-4-17-5-14-7/h4-6H,1-3H3,(H,13,15,16). The van der Waals surface area contributed by atoms with Gasteiger partial charge in [-0.3, -0.25) is 0 Å². The van der Waals surface area contributed by atoms with Crippen molar-refractivity contribution in [3.8, 4) is 11.5 Å². The van der Waals surface area contributed by atoms with Gasteiger partial charge in [0.1, 0.15) is 11.5 Å². The fraction of sp³-hybridized carbons (Fsp3) is 0.364. The molecule has 0 saturated carbocycles. The first kappa shape index (κ1) is 12.7. The van der Waals surface area contributed by atoms with Crippen LogP contribution < -0.4 is 5.32 Å². The molecule has 0 spiro atoms. The van der Waals surface area contributed by atoms with Crippen molar-refractivity contribution in [1.82, 2.24) is 15.0 Å². The molecule has 4 nitrogen and oxygen atoms in total. The largest absolute Gasteiger partial charge is 0.372 e. The Bertz CT molecular complexity index is 510. The highest BCUT2D eigenvalue weighted by atomic mass is 127. The molecular weight excluding hydrogens is 347 g/mol. The summed E-state index contributed by atoms with van der Waals surface area (Å²) >= 11 is 3.84. The zero-order valence-corrected chi connectivity index (χ0v) is 12.8. The molecule has 2 aromatic rings. The van der Waals surface area contributed by atoms with Crippen LogP contribution in [-0.4, -0.2) is 22.0 Å². The van der Waals surface area contributed by atoms with Gasteiger partial charge in [0.15, 0.2) is 5.82 Å². The second kappa shape index (κ2) is 5.26. The zero-order valence-electron chi connectivity index (χ0n) is 9.86. The van der Waals surface area contributed by atoms with Gasteiger partial charge in [0.05, 0.1) is 14.8 Å². The number of aromatic nitrogens is 3. The van der Waals surface area contributed by atoms with Crippen LogP contribution in [0.3, 0.4) is 0 Å². The molecular formula is C11H13IN4S. The number of nitrogens with one attached hydrogen (secondary N) is 1. The van der Waals surface area contributed by atoms with E-state index in [1.54, 1.807) is 16.8 Å². The predicted octanol–water partition coefficient (Wildman–Crippen LogP) is 3.37. The smallest absolute Gasteiger partial charge is 0.181 e. The lowest BCUT2D eigenvalue weighted by Crippen LogP contribution is -2.06. The van der Waals surface area contributed by atoms with Crippen molar-refractivity contribution >= 4 is 39.7 Å². The van der Waals surface area contributed by atoms with Gasteiger partial charge in [-0.15, -0.1) is 11.3 Å². The van der Waals surface area contributed by atoms with E-state index in [4.69, 9.17) is 0 Å². The van der Waals surface area contributed by atoms with E-state index in [9.17, 15) is 0 Å². The zero-order chi connectivity index (χ0) is 12.4. The second-order valence-electron chi connectivity index (χ2n) is 3.87. The van der Waals surface area contributed by atoms with E-state index < -0.39 is 0 Å². The summed E-state index contributed by atoms with van der Waals surface area (Å²) in [5.74, 6) is 1.93. The average molecular weight is 360 g/mol. The molecule has 0 aromatic carbocycles. The minimum Gasteiger partial charge on any atom is -0.372 e. The summed E-state index contributed by atoms with van der Waals surface area (Å²) in [7, 11) is 1.87. The Balaban J connectivity index is 2.59. The van der Waals surface area contributed by atoms with E-state index in [0.717, 1.165) is 20.8 Å². The molecule has 2 rings (SSSR count). The molecule has 0 unspecified atom stereocenters. The second-order valence-corrected chi connectivity index (χ2v) is 5.67. The van der Waals surface area contributed by atoms with Crippen molar-refractivity contribution in [1.29, 1.82) is 0 Å². The van der Waals surface area contributed by atoms with Gasteiger partial charge in [0.2, 0.25) is 0 Å². The Hall–Kier alpha value is -0.760. The fourth-order valence-corrected chi connectivity index (χ4v) is 3.11. The summed E-state index contributed by atoms with van der Waals surface area (Å²) in [6.07, 6.45) is 0. The minimum absolute atomic E-state index is 0.370. The summed E-state index contributed by atoms with van der Waals surface area (Å²) in [6.45, 7) is 4.27. The number of thiazole rings is 1. The highest BCUT2D eigenvalue weighted by Crippen LogP contribution is 2.27. The van der Waals surface area contributed by atoms with Crippen LogP contribution in [0.1, 0.15) is 25.5 Å². The molecule has 1 N–H and O–H groups in total. The molecule has 17 heavy (non-hydrogen) atoms. The molecule has 0 amide bonds. The van der Waals surface area contributed by atoms with Crippen LogP contribution in [0.25, 0.3) is 11.5 Å². The number of hydrogen-bond acceptors (Lipinski definition) is 5. The number of nitrogens with zero attached hydrogens (tertiary/aromatic N) is 3. The van der Waals surface area contributed by atoms with Crippen LogP contribution in [0.2, 0.25) is 0 Å². The normalized spacial score (nSPS) is 10.9. The topological polar surface area (TPSA) is 50.7 Å². The lowest BCUT2D eigenvalue weighted by atomic mass is 10.1. The first-order valence-corrected chi connectivity index (χ1v) is 7.29. The van der Waals surface area contributed by atoms with E-state index in [-0.39, 0.29) is 0 Å². The van der Waals surface area contributed by atoms with Crippen molar-refractivity contribution in [3.05, 3.63) is 20.2 Å². The first-order chi connectivity index (χ1) is 8.13. The van der Waals surface area contributed by atoms with Crippen molar-refractivity contribution in [2.24, 2.45) is 0 Å². The van der Waals surface area contributed by atoms with Crippen LogP contribution >= 0.6 is 33.9 Å². The van der Waals surface area contributed by atoms with Crippen LogP contribution in [-0.2, 0) is 0 Å². The van der Waals surface area contributed by atoms with Gasteiger partial charge in [0.25, 0.3) is 0 Å². The number of hydrogen-bond donors (Lipinski definition) is 1. The average Bonchev–Trinajstić information content (AvgIpc) is 2.82. The Morgan fingerprint density at radius 1 is 1.35 bits per heavy atom. The summed E-state index contributed by atoms with van der Waals surface area (Å²) in [4.78, 5) is 13.4. The van der Waals surface area contributed by atoms with Crippen molar-refractivity contribution in [2.75, 3.05) is 12.4 Å². The SMILES string of the molecule is CNc1nc(-c2cscn2)nc(C(C)C)c1I. The number of rotatable bonds is 3. The lowest BCUT2D eigenvalue weighted by molar-refractivity contribution is 0.808. The van der Waals surface area contributed by atoms with Gasteiger partial charge in [0, 0.05) is 12.4 Å². The van der Waals surface area contributed by atoms with Crippen molar-refractivity contribution < 1.29 is 0 Å². The predicted molar refractivity (Wildman–Crippen MR) is 79.5 cm³/mol. The van der Waals surface area contributed by atoms with Crippen molar-refractivity contribution in [3.63, 3.8) is 0 Å². The van der Waals surface area contributed by atoms with Crippen molar-refractivity contribution in [2.45, 2.75) is 19.8 Å². The molecule has 0 radical (unpaired) electrons. The Morgan fingerprint density at radius 2 is 2.12 bits per heavy atom. The van der Waals surface area contributed by atoms with E-state index in [1.807, 2.05) is 12.4 Å². The first-order valence-electron chi connectivity index (χ1n) is 5.27. The monoisotopic (exact) mass is 360 g/mol. The number of halogens is 1. The van der Waals surface area contributed by atoms with Crippen LogP contribution in [0.5, 0.6) is 0 Å². The van der Waals surface area contributed by atoms with Gasteiger partial charge >= 0.3 is 0 Å². The van der Waals surface area contributed by atoms with E-state index in [2.05, 4.69) is 56.7 Å². The van der Waals surface area contributed by atoms with Gasteiger partial charge < -0.3 is 5.32 Å². The van der Waals surface area contributed by atoms with E-state index in [0.29, 0.717) is 11.7 Å². The van der Waals surface area contributed by atoms with Crippen LogP contribution in [0, 0.1) is 3.57 Å². The third-order valence-corrected chi connectivity index (χ3v) is 3.97. The van der Waals surface area contributed by atoms with E-state index >= 15 is 0 Å². The van der Waals surface area contributed by atoms with Crippen LogP contribution in [0.15, 0.2) is 10.9 Å². The third kappa shape index (κ3) is 2.57. The maximum Gasteiger partial charge on any atom is 0.181 e. The Kier molecular flexibility index (Phi) is 3.93. The highest BCUT2D eigenvalue weighted by molar-refractivity contribution is 14.1. The molecule has 0 atom stereocenters. The summed E-state index contributed by atoms with van der Waals surface area (Å²) < 4.78 is 1.08. The van der Waals surface area contributed by atoms with Gasteiger partial charge in [-0.1, -0.05) is 13.8 Å². The molecule has 0 aliphatic heterocycles. The maximum atomic E-state index is 4.61. The number of anilines is 1. The summed E-state index contributed by atoms with van der Waals surface area (Å²) in [5, 5.41) is 5.07. The lowest BCUT2D eigenvalue weighted by Gasteiger charge is -2.12. The maximum absolute atomic E-state index is 4.61. The summed E-state index contributed by atoms with van der Waals surface area (Å²) in [5.41, 5.74) is 3.70. The van der Waals surface area contributed by atoms with Gasteiger partial charge in [-0.05, 0) is 28.5 Å². The molecule has 0 saturated heterocycles. The van der Waals surface area contributed by atoms with Gasteiger partial charge in [-0.2, -0.15) is 0 Å². The fourth-order valence-electron chi connectivity index (χ4n) is 1.45. The minimum atomic E-state index is 0.370. The molecule has 2 heterocycles. The molecule has 6 heteroatoms. The Labute approximate surface area is 118 Å². The van der Waals surface area contributed by atoms with Gasteiger partial charge in [-0.25, -0.2) is 15.0 Å². The Morgan fingerprint density at radius 3 is 2.65 bits per heavy atom. The summed E-state index contributed by atoms with van der Waals surface area (Å²) in [6, 6.07) is 0. The highest BCUT2D eigenvalue weighted by Gasteiger charge is 2.15. The quantitative estimate of drug-likeness (QED) is 0.853.